The van der Waals surface area contributed by atoms with E-state index < -0.39 is 5.97 Å². The highest BCUT2D eigenvalue weighted by atomic mass is 35.5. The van der Waals surface area contributed by atoms with E-state index in [0.717, 1.165) is 5.56 Å². The van der Waals surface area contributed by atoms with Crippen molar-refractivity contribution in [3.63, 3.8) is 0 Å². The Morgan fingerprint density at radius 1 is 1.19 bits per heavy atom. The smallest absolute Gasteiger partial charge is 0.323 e. The average molecular weight is 303 g/mol. The molecule has 6 heteroatoms. The van der Waals surface area contributed by atoms with Crippen molar-refractivity contribution in [3.05, 3.63) is 47.5 Å². The number of fused-ring (bicyclic) bond motifs is 1. The molecule has 0 unspecified atom stereocenters. The van der Waals surface area contributed by atoms with Crippen LogP contribution in [0.2, 0.25) is 5.02 Å². The molecule has 0 aliphatic carbocycles. The number of nitrogens with zero attached hydrogens (tertiary/aromatic N) is 2. The number of carboxylic acid groups (broad SMARTS) is 1. The van der Waals surface area contributed by atoms with Crippen molar-refractivity contribution in [2.75, 3.05) is 0 Å². The number of carboxylic acids is 1. The highest BCUT2D eigenvalue weighted by Crippen LogP contribution is 2.27. The van der Waals surface area contributed by atoms with Gasteiger partial charge in [0, 0.05) is 10.6 Å². The summed E-state index contributed by atoms with van der Waals surface area (Å²) in [5.41, 5.74) is 2.05. The average Bonchev–Trinajstić information content (AvgIpc) is 2.77. The van der Waals surface area contributed by atoms with E-state index in [1.807, 2.05) is 0 Å². The molecule has 3 rings (SSSR count). The lowest BCUT2D eigenvalue weighted by atomic mass is 10.2. The summed E-state index contributed by atoms with van der Waals surface area (Å²) in [6.07, 6.45) is 0. The van der Waals surface area contributed by atoms with E-state index in [4.69, 9.17) is 16.7 Å². The van der Waals surface area contributed by atoms with Crippen LogP contribution in [0.4, 0.5) is 0 Å². The van der Waals surface area contributed by atoms with Gasteiger partial charge in [0.2, 0.25) is 0 Å². The number of imidazole rings is 1. The zero-order chi connectivity index (χ0) is 15.0. The van der Waals surface area contributed by atoms with Gasteiger partial charge in [0.25, 0.3) is 0 Å². The molecule has 0 bridgehead atoms. The van der Waals surface area contributed by atoms with Crippen LogP contribution < -0.4 is 0 Å². The Morgan fingerprint density at radius 3 is 2.57 bits per heavy atom. The standard InChI is InChI=1S/C15H11ClN2O3/c16-10-3-6-13-12(7-10)17-15(18(13)8-14(20)21)9-1-4-11(19)5-2-9/h1-7,19H,8H2,(H,20,21). The Labute approximate surface area is 125 Å². The summed E-state index contributed by atoms with van der Waals surface area (Å²) in [6.45, 7) is -0.200. The summed E-state index contributed by atoms with van der Waals surface area (Å²) in [5, 5.41) is 19.0. The van der Waals surface area contributed by atoms with Crippen LogP contribution in [0.15, 0.2) is 42.5 Å². The number of aliphatic carboxylic acids is 1. The van der Waals surface area contributed by atoms with Crippen molar-refractivity contribution < 1.29 is 15.0 Å². The van der Waals surface area contributed by atoms with Gasteiger partial charge >= 0.3 is 5.97 Å². The third-order valence-electron chi connectivity index (χ3n) is 3.13. The predicted octanol–water partition coefficient (Wildman–Crippen LogP) is 3.15. The van der Waals surface area contributed by atoms with Crippen LogP contribution in [0.3, 0.4) is 0 Å². The molecule has 0 radical (unpaired) electrons. The summed E-state index contributed by atoms with van der Waals surface area (Å²) in [5.74, 6) is -0.290. The number of aromatic nitrogens is 2. The van der Waals surface area contributed by atoms with E-state index in [1.165, 1.54) is 12.1 Å². The van der Waals surface area contributed by atoms with Crippen LogP contribution in [0.1, 0.15) is 0 Å². The third-order valence-corrected chi connectivity index (χ3v) is 3.36. The molecule has 0 fully saturated rings. The normalized spacial score (nSPS) is 10.9. The lowest BCUT2D eigenvalue weighted by Crippen LogP contribution is -2.09. The van der Waals surface area contributed by atoms with Gasteiger partial charge in [-0.15, -0.1) is 0 Å². The van der Waals surface area contributed by atoms with Crippen molar-refractivity contribution in [2.45, 2.75) is 6.54 Å². The Kier molecular flexibility index (Phi) is 3.27. The Bertz CT molecular complexity index is 825. The van der Waals surface area contributed by atoms with Crippen LogP contribution in [0.25, 0.3) is 22.4 Å². The van der Waals surface area contributed by atoms with Crippen LogP contribution in [-0.4, -0.2) is 25.7 Å². The molecule has 3 aromatic rings. The monoisotopic (exact) mass is 302 g/mol. The molecule has 5 nitrogen and oxygen atoms in total. The second-order valence-corrected chi connectivity index (χ2v) is 5.03. The van der Waals surface area contributed by atoms with E-state index in [1.54, 1.807) is 34.9 Å². The van der Waals surface area contributed by atoms with E-state index in [0.29, 0.717) is 21.9 Å². The van der Waals surface area contributed by atoms with Crippen molar-refractivity contribution in [1.29, 1.82) is 0 Å². The fraction of sp³-hybridized carbons (Fsp3) is 0.0667. The first-order valence-corrected chi connectivity index (χ1v) is 6.59. The van der Waals surface area contributed by atoms with Crippen LogP contribution >= 0.6 is 11.6 Å². The van der Waals surface area contributed by atoms with Crippen LogP contribution in [-0.2, 0) is 11.3 Å². The zero-order valence-electron chi connectivity index (χ0n) is 10.8. The molecule has 0 amide bonds. The minimum Gasteiger partial charge on any atom is -0.508 e. The SMILES string of the molecule is O=C(O)Cn1c(-c2ccc(O)cc2)nc2cc(Cl)ccc21. The van der Waals surface area contributed by atoms with Crippen molar-refractivity contribution >= 4 is 28.6 Å². The molecule has 106 valence electrons. The largest absolute Gasteiger partial charge is 0.508 e. The first kappa shape index (κ1) is 13.5. The first-order valence-electron chi connectivity index (χ1n) is 6.21. The maximum Gasteiger partial charge on any atom is 0.323 e. The van der Waals surface area contributed by atoms with Gasteiger partial charge in [-0.05, 0) is 42.5 Å². The minimum atomic E-state index is -0.954. The Hall–Kier alpha value is -2.53. The number of hydrogen-bond acceptors (Lipinski definition) is 3. The molecule has 0 aliphatic heterocycles. The van der Waals surface area contributed by atoms with E-state index in [9.17, 15) is 9.90 Å². The van der Waals surface area contributed by atoms with Gasteiger partial charge in [-0.3, -0.25) is 4.79 Å². The summed E-state index contributed by atoms with van der Waals surface area (Å²) < 4.78 is 1.61. The third kappa shape index (κ3) is 2.55. The van der Waals surface area contributed by atoms with Gasteiger partial charge in [-0.1, -0.05) is 11.6 Å². The highest BCUT2D eigenvalue weighted by molar-refractivity contribution is 6.31. The maximum atomic E-state index is 11.1. The van der Waals surface area contributed by atoms with Gasteiger partial charge < -0.3 is 14.8 Å². The van der Waals surface area contributed by atoms with E-state index >= 15 is 0 Å². The fourth-order valence-corrected chi connectivity index (χ4v) is 2.40. The van der Waals surface area contributed by atoms with Crippen LogP contribution in [0, 0.1) is 0 Å². The molecular weight excluding hydrogens is 292 g/mol. The summed E-state index contributed by atoms with van der Waals surface area (Å²) in [7, 11) is 0. The van der Waals surface area contributed by atoms with Crippen LogP contribution in [0.5, 0.6) is 5.75 Å². The van der Waals surface area contributed by atoms with Crippen molar-refractivity contribution in [3.8, 4) is 17.1 Å². The maximum absolute atomic E-state index is 11.1. The molecule has 2 N–H and O–H groups in total. The van der Waals surface area contributed by atoms with E-state index in [-0.39, 0.29) is 12.3 Å². The summed E-state index contributed by atoms with van der Waals surface area (Å²) >= 11 is 5.95. The molecular formula is C15H11ClN2O3. The van der Waals surface area contributed by atoms with Crippen molar-refractivity contribution in [2.24, 2.45) is 0 Å². The summed E-state index contributed by atoms with van der Waals surface area (Å²) in [6, 6.07) is 11.6. The number of hydrogen-bond donors (Lipinski definition) is 2. The summed E-state index contributed by atoms with van der Waals surface area (Å²) in [4.78, 5) is 15.6. The second-order valence-electron chi connectivity index (χ2n) is 4.60. The number of phenols is 1. The van der Waals surface area contributed by atoms with E-state index in [2.05, 4.69) is 4.98 Å². The number of benzene rings is 2. The minimum absolute atomic E-state index is 0.141. The molecule has 0 saturated heterocycles. The Balaban J connectivity index is 2.24. The van der Waals surface area contributed by atoms with Gasteiger partial charge in [0.15, 0.2) is 0 Å². The molecule has 1 heterocycles. The molecule has 1 aromatic heterocycles. The molecule has 21 heavy (non-hydrogen) atoms. The number of carbonyl (C=O) groups is 1. The molecule has 0 aliphatic rings. The van der Waals surface area contributed by atoms with Gasteiger partial charge in [0.1, 0.15) is 18.1 Å². The number of halogens is 1. The lowest BCUT2D eigenvalue weighted by Gasteiger charge is -2.06. The number of rotatable bonds is 3. The Morgan fingerprint density at radius 2 is 1.90 bits per heavy atom. The highest BCUT2D eigenvalue weighted by Gasteiger charge is 2.15. The number of phenolic OH excluding ortho intramolecular Hbond substituents is 1. The molecule has 0 atom stereocenters. The predicted molar refractivity (Wildman–Crippen MR) is 79.5 cm³/mol. The second kappa shape index (κ2) is 5.10. The molecule has 0 spiro atoms. The van der Waals surface area contributed by atoms with Gasteiger partial charge in [-0.2, -0.15) is 0 Å². The quantitative estimate of drug-likeness (QED) is 0.779. The lowest BCUT2D eigenvalue weighted by molar-refractivity contribution is -0.137. The number of aromatic hydroxyl groups is 1. The fourth-order valence-electron chi connectivity index (χ4n) is 2.23. The van der Waals surface area contributed by atoms with Crippen molar-refractivity contribution in [1.82, 2.24) is 9.55 Å². The molecule has 2 aromatic carbocycles. The topological polar surface area (TPSA) is 75.3 Å². The first-order chi connectivity index (χ1) is 10.0. The molecule has 0 saturated carbocycles. The van der Waals surface area contributed by atoms with Gasteiger partial charge in [0.05, 0.1) is 11.0 Å². The van der Waals surface area contributed by atoms with Gasteiger partial charge in [-0.25, -0.2) is 4.98 Å². The zero-order valence-corrected chi connectivity index (χ0v) is 11.6.